The topological polar surface area (TPSA) is 18.5 Å². The van der Waals surface area contributed by atoms with E-state index in [-0.39, 0.29) is 18.0 Å². The van der Waals surface area contributed by atoms with Gasteiger partial charge in [0.2, 0.25) is 0 Å². The van der Waals surface area contributed by atoms with Gasteiger partial charge in [-0.25, -0.2) is 4.39 Å². The fraction of sp³-hybridized carbons (Fsp3) is 0.263. The zero-order valence-corrected chi connectivity index (χ0v) is 12.3. The molecule has 0 radical (unpaired) electrons. The van der Waals surface area contributed by atoms with Gasteiger partial charge in [0.05, 0.1) is 19.3 Å². The molecule has 0 amide bonds. The van der Waals surface area contributed by atoms with E-state index in [1.165, 1.54) is 12.1 Å². The molecule has 1 aliphatic heterocycles. The molecular weight excluding hydrogens is 279 g/mol. The lowest BCUT2D eigenvalue weighted by molar-refractivity contribution is -0.0506. The van der Waals surface area contributed by atoms with Gasteiger partial charge in [0.25, 0.3) is 0 Å². The molecule has 1 heterocycles. The van der Waals surface area contributed by atoms with E-state index in [0.717, 1.165) is 17.5 Å². The molecule has 0 unspecified atom stereocenters. The molecule has 2 aromatic carbocycles. The van der Waals surface area contributed by atoms with Crippen LogP contribution in [0.3, 0.4) is 0 Å². The third kappa shape index (κ3) is 4.03. The van der Waals surface area contributed by atoms with Gasteiger partial charge in [0.15, 0.2) is 0 Å². The van der Waals surface area contributed by atoms with Crippen molar-refractivity contribution in [3.05, 3.63) is 83.7 Å². The predicted molar refractivity (Wildman–Crippen MR) is 83.9 cm³/mol. The molecule has 2 atom stereocenters. The summed E-state index contributed by atoms with van der Waals surface area (Å²) in [6.45, 7) is 1.14. The van der Waals surface area contributed by atoms with Crippen LogP contribution in [0.2, 0.25) is 0 Å². The average molecular weight is 298 g/mol. The van der Waals surface area contributed by atoms with Crippen molar-refractivity contribution in [1.82, 2.24) is 0 Å². The molecule has 0 bridgehead atoms. The quantitative estimate of drug-likeness (QED) is 0.760. The zero-order chi connectivity index (χ0) is 15.2. The lowest BCUT2D eigenvalue weighted by Gasteiger charge is -2.26. The van der Waals surface area contributed by atoms with Gasteiger partial charge in [-0.2, -0.15) is 0 Å². The first kappa shape index (κ1) is 14.9. The summed E-state index contributed by atoms with van der Waals surface area (Å²) in [5, 5.41) is 0. The van der Waals surface area contributed by atoms with E-state index in [2.05, 4.69) is 6.08 Å². The summed E-state index contributed by atoms with van der Waals surface area (Å²) in [6, 6.07) is 16.5. The Morgan fingerprint density at radius 1 is 1.05 bits per heavy atom. The van der Waals surface area contributed by atoms with Crippen LogP contribution in [0.5, 0.6) is 0 Å². The highest BCUT2D eigenvalue weighted by Gasteiger charge is 2.19. The third-order valence-electron chi connectivity index (χ3n) is 3.66. The first-order chi connectivity index (χ1) is 10.8. The van der Waals surface area contributed by atoms with Crippen LogP contribution >= 0.6 is 0 Å². The van der Waals surface area contributed by atoms with Gasteiger partial charge < -0.3 is 9.47 Å². The lowest BCUT2D eigenvalue weighted by Crippen LogP contribution is -2.24. The standard InChI is InChI=1S/C19H19FO2/c20-17-11-9-16(10-12-17)19-8-4-7-18(22-19)14-21-13-15-5-2-1-3-6-15/h1-6,8-12,18-19H,7,13-14H2/t18-,19+/m1/s1. The smallest absolute Gasteiger partial charge is 0.123 e. The highest BCUT2D eigenvalue weighted by molar-refractivity contribution is 5.23. The normalized spacial score (nSPS) is 21.0. The highest BCUT2D eigenvalue weighted by Crippen LogP contribution is 2.26. The van der Waals surface area contributed by atoms with E-state index < -0.39 is 0 Å². The molecule has 0 saturated heterocycles. The Hall–Kier alpha value is -1.97. The number of ether oxygens (including phenoxy) is 2. The maximum Gasteiger partial charge on any atom is 0.123 e. The fourth-order valence-electron chi connectivity index (χ4n) is 2.49. The number of hydrogen-bond acceptors (Lipinski definition) is 2. The average Bonchev–Trinajstić information content (AvgIpc) is 2.57. The zero-order valence-electron chi connectivity index (χ0n) is 12.3. The van der Waals surface area contributed by atoms with E-state index in [1.807, 2.05) is 36.4 Å². The summed E-state index contributed by atoms with van der Waals surface area (Å²) in [4.78, 5) is 0. The van der Waals surface area contributed by atoms with Crippen LogP contribution in [0.25, 0.3) is 0 Å². The second-order valence-electron chi connectivity index (χ2n) is 5.39. The highest BCUT2D eigenvalue weighted by atomic mass is 19.1. The molecule has 2 aromatic rings. The number of halogens is 1. The summed E-state index contributed by atoms with van der Waals surface area (Å²) < 4.78 is 24.7. The van der Waals surface area contributed by atoms with Gasteiger partial charge in [-0.15, -0.1) is 0 Å². The van der Waals surface area contributed by atoms with Gasteiger partial charge in [-0.05, 0) is 29.7 Å². The van der Waals surface area contributed by atoms with Gasteiger partial charge in [0, 0.05) is 0 Å². The van der Waals surface area contributed by atoms with E-state index >= 15 is 0 Å². The van der Waals surface area contributed by atoms with E-state index in [1.54, 1.807) is 12.1 Å². The molecule has 0 spiro atoms. The van der Waals surface area contributed by atoms with Crippen LogP contribution in [0.1, 0.15) is 23.7 Å². The summed E-state index contributed by atoms with van der Waals surface area (Å²) in [5.41, 5.74) is 2.12. The first-order valence-corrected chi connectivity index (χ1v) is 7.50. The molecule has 0 fully saturated rings. The molecule has 22 heavy (non-hydrogen) atoms. The molecule has 114 valence electrons. The minimum Gasteiger partial charge on any atom is -0.374 e. The van der Waals surface area contributed by atoms with Gasteiger partial charge >= 0.3 is 0 Å². The Bertz CT molecular complexity index is 607. The van der Waals surface area contributed by atoms with Crippen LogP contribution in [-0.4, -0.2) is 12.7 Å². The van der Waals surface area contributed by atoms with Crippen molar-refractivity contribution >= 4 is 0 Å². The Labute approximate surface area is 130 Å². The fourth-order valence-corrected chi connectivity index (χ4v) is 2.49. The molecule has 3 rings (SSSR count). The SMILES string of the molecule is Fc1ccc([C@@H]2C=CC[C@H](COCc3ccccc3)O2)cc1. The predicted octanol–water partition coefficient (Wildman–Crippen LogP) is 4.43. The lowest BCUT2D eigenvalue weighted by atomic mass is 10.0. The second kappa shape index (κ2) is 7.34. The van der Waals surface area contributed by atoms with E-state index in [9.17, 15) is 4.39 Å². The Kier molecular flexibility index (Phi) is 4.99. The number of rotatable bonds is 5. The maximum absolute atomic E-state index is 13.0. The van der Waals surface area contributed by atoms with Crippen LogP contribution in [0.4, 0.5) is 4.39 Å². The molecule has 0 N–H and O–H groups in total. The Morgan fingerprint density at radius 2 is 1.82 bits per heavy atom. The van der Waals surface area contributed by atoms with Crippen molar-refractivity contribution in [3.8, 4) is 0 Å². The van der Waals surface area contributed by atoms with Crippen molar-refractivity contribution in [3.63, 3.8) is 0 Å². The van der Waals surface area contributed by atoms with Crippen LogP contribution in [0.15, 0.2) is 66.7 Å². The second-order valence-corrected chi connectivity index (χ2v) is 5.39. The molecule has 0 aromatic heterocycles. The minimum absolute atomic E-state index is 0.0313. The third-order valence-corrected chi connectivity index (χ3v) is 3.66. The molecule has 1 aliphatic rings. The summed E-state index contributed by atoms with van der Waals surface area (Å²) in [6.07, 6.45) is 4.87. The van der Waals surface area contributed by atoms with E-state index in [0.29, 0.717) is 13.2 Å². The van der Waals surface area contributed by atoms with Crippen LogP contribution < -0.4 is 0 Å². The Morgan fingerprint density at radius 3 is 2.59 bits per heavy atom. The summed E-state index contributed by atoms with van der Waals surface area (Å²) >= 11 is 0. The summed E-state index contributed by atoms with van der Waals surface area (Å²) in [7, 11) is 0. The van der Waals surface area contributed by atoms with Crippen molar-refractivity contribution in [2.24, 2.45) is 0 Å². The van der Waals surface area contributed by atoms with Crippen LogP contribution in [-0.2, 0) is 16.1 Å². The number of hydrogen-bond donors (Lipinski definition) is 0. The number of benzene rings is 2. The molecule has 2 nitrogen and oxygen atoms in total. The molecule has 3 heteroatoms. The first-order valence-electron chi connectivity index (χ1n) is 7.50. The Balaban J connectivity index is 1.51. The maximum atomic E-state index is 13.0. The van der Waals surface area contributed by atoms with Gasteiger partial charge in [-0.3, -0.25) is 0 Å². The van der Waals surface area contributed by atoms with Crippen molar-refractivity contribution in [2.45, 2.75) is 25.2 Å². The summed E-state index contributed by atoms with van der Waals surface area (Å²) in [5.74, 6) is -0.230. The van der Waals surface area contributed by atoms with Crippen LogP contribution in [0, 0.1) is 5.82 Å². The van der Waals surface area contributed by atoms with Gasteiger partial charge in [-0.1, -0.05) is 54.6 Å². The van der Waals surface area contributed by atoms with E-state index in [4.69, 9.17) is 9.47 Å². The van der Waals surface area contributed by atoms with Crippen molar-refractivity contribution in [1.29, 1.82) is 0 Å². The van der Waals surface area contributed by atoms with Gasteiger partial charge in [0.1, 0.15) is 11.9 Å². The monoisotopic (exact) mass is 298 g/mol. The molecule has 0 aliphatic carbocycles. The van der Waals surface area contributed by atoms with Crippen molar-refractivity contribution in [2.75, 3.05) is 6.61 Å². The molecule has 0 saturated carbocycles. The largest absolute Gasteiger partial charge is 0.374 e. The minimum atomic E-state index is -0.230. The van der Waals surface area contributed by atoms with Crippen molar-refractivity contribution < 1.29 is 13.9 Å². The molecular formula is C19H19FO2.